The maximum absolute atomic E-state index is 9.98. The van der Waals surface area contributed by atoms with Crippen molar-refractivity contribution in [3.63, 3.8) is 0 Å². The first-order chi connectivity index (χ1) is 60.2. The van der Waals surface area contributed by atoms with Gasteiger partial charge in [-0.05, 0) is 237 Å². The molecule has 0 N–H and O–H groups in total. The van der Waals surface area contributed by atoms with E-state index in [0.29, 0.717) is 47.2 Å². The van der Waals surface area contributed by atoms with Crippen molar-refractivity contribution in [2.45, 2.75) is 104 Å². The Hall–Kier alpha value is -12.4. The molecule has 0 fully saturated rings. The molecule has 4 nitrogen and oxygen atoms in total. The Kier molecular flexibility index (Phi) is 14.7. The van der Waals surface area contributed by atoms with E-state index in [1.165, 1.54) is 27.8 Å². The number of aryl methyl sites for hydroxylation is 2. The number of benzene rings is 15. The Labute approximate surface area is 682 Å². The molecule has 2 aliphatic heterocycles. The van der Waals surface area contributed by atoms with Crippen molar-refractivity contribution in [2.75, 3.05) is 21.2 Å². The summed E-state index contributed by atoms with van der Waals surface area (Å²) < 4.78 is 132. The van der Waals surface area contributed by atoms with Crippen molar-refractivity contribution in [1.29, 1.82) is 0 Å². The summed E-state index contributed by atoms with van der Waals surface area (Å²) in [5.41, 5.74) is 25.2. The third-order valence-electron chi connectivity index (χ3n) is 22.6. The Balaban J connectivity index is 0.927. The molecule has 0 unspecified atom stereocenters. The molecule has 0 spiro atoms. The smallest absolute Gasteiger partial charge is 0.252 e. The quantitative estimate of drug-likeness (QED) is 0.0845. The van der Waals surface area contributed by atoms with Crippen LogP contribution in [0.25, 0.3) is 77.4 Å². The second kappa shape index (κ2) is 29.1. The number of fused-ring (bicyclic) bond motifs is 7. The maximum Gasteiger partial charge on any atom is 0.252 e. The fraction of sp³-hybridized carbons (Fsp3) is 0.159. The van der Waals surface area contributed by atoms with E-state index in [1.54, 1.807) is 35.2 Å². The third kappa shape index (κ3) is 13.7. The summed E-state index contributed by atoms with van der Waals surface area (Å²) in [7, 11) is 0. The zero-order chi connectivity index (χ0) is 88.6. The van der Waals surface area contributed by atoms with Crippen LogP contribution in [0.15, 0.2) is 352 Å². The molecule has 0 radical (unpaired) electrons. The highest BCUT2D eigenvalue weighted by Gasteiger charge is 2.44. The number of aromatic nitrogens is 1. The second-order valence-electron chi connectivity index (χ2n) is 33.0. The molecule has 1 aromatic heterocycles. The largest absolute Gasteiger partial charge is 0.342 e. The van der Waals surface area contributed by atoms with Crippen molar-refractivity contribution in [2.24, 2.45) is 0 Å². The topological polar surface area (TPSA) is 14.7 Å². The van der Waals surface area contributed by atoms with Gasteiger partial charge < -0.3 is 19.3 Å². The maximum atomic E-state index is 9.98. The van der Waals surface area contributed by atoms with E-state index in [1.807, 2.05) is 71.3 Å². The van der Waals surface area contributed by atoms with Gasteiger partial charge >= 0.3 is 0 Å². The van der Waals surface area contributed by atoms with Crippen LogP contribution in [0.5, 0.6) is 0 Å². The molecule has 15 aromatic carbocycles. The summed E-state index contributed by atoms with van der Waals surface area (Å²) in [5, 5.41) is 0.703. The van der Waals surface area contributed by atoms with Gasteiger partial charge in [-0.1, -0.05) is 323 Å². The summed E-state index contributed by atoms with van der Waals surface area (Å²) in [6.07, 6.45) is 1.46. The summed E-state index contributed by atoms with van der Waals surface area (Å²) in [6, 6.07) is 86.9. The predicted octanol–water partition coefficient (Wildman–Crippen LogP) is 26.3. The van der Waals surface area contributed by atoms with Gasteiger partial charge in [-0.3, -0.25) is 0 Å². The molecule has 0 saturated heterocycles. The van der Waals surface area contributed by atoms with Gasteiger partial charge in [-0.15, -0.1) is 0 Å². The van der Waals surface area contributed by atoms with Crippen LogP contribution in [-0.2, 0) is 42.1 Å². The average Bonchev–Trinajstić information content (AvgIpc) is 0.891. The normalized spacial score (nSPS) is 14.4. The Morgan fingerprint density at radius 2 is 0.857 bits per heavy atom. The fourth-order valence-electron chi connectivity index (χ4n) is 16.8. The molecule has 0 atom stereocenters. The standard InChI is InChI=1S/C107H95BN4/c1-105(2,3)84-60-75(61-85(69-84)106(4,5)6)59-73-49-52-96-100(62-73)110(58-56-91-93(79-39-23-13-24-40-79)70-86(107(7,8)9)71-94(91)80-41-25-14-26-42-80)102-63-74(55-57-109-98-48-32-31-47-92(98)95-72-89(51-54-99(95)109)111(87-43-27-15-28-44-87)88-45-29-16-30-46-88)64-103-104(102)108(96)97-53-50-81(76-33-17-10-18-34-76)68-101(97)112(103)90-66-82(77-35-19-11-20-36-77)65-83(67-90)78-37-21-12-22-38-78/h10-54,60-72H,55-59H2,1-9H3/i10D,15D,17D,18D,27D,28D,31D,32D,33D,34D,43D,44D,47D,48D. The van der Waals surface area contributed by atoms with Gasteiger partial charge in [-0.25, -0.2) is 0 Å². The van der Waals surface area contributed by atoms with E-state index in [9.17, 15) is 11.0 Å². The van der Waals surface area contributed by atoms with E-state index in [4.69, 9.17) is 8.22 Å². The highest BCUT2D eigenvalue weighted by molar-refractivity contribution is 7.00. The first-order valence-electron chi connectivity index (χ1n) is 45.9. The van der Waals surface area contributed by atoms with E-state index in [0.717, 1.165) is 100 Å². The van der Waals surface area contributed by atoms with Gasteiger partial charge in [0.05, 0.1) is 19.2 Å². The number of anilines is 8. The van der Waals surface area contributed by atoms with Crippen LogP contribution >= 0.6 is 0 Å². The highest BCUT2D eigenvalue weighted by atomic mass is 15.2. The second-order valence-corrected chi connectivity index (χ2v) is 33.0. The number of hydrogen-bond donors (Lipinski definition) is 0. The lowest BCUT2D eigenvalue weighted by Gasteiger charge is -2.45. The van der Waals surface area contributed by atoms with Crippen LogP contribution < -0.4 is 31.1 Å². The minimum absolute atomic E-state index is 0.0652. The summed E-state index contributed by atoms with van der Waals surface area (Å²) in [6.45, 7) is 20.6. The lowest BCUT2D eigenvalue weighted by atomic mass is 9.33. The lowest BCUT2D eigenvalue weighted by Crippen LogP contribution is -2.62. The molecule has 18 rings (SSSR count). The van der Waals surface area contributed by atoms with Gasteiger partial charge in [0.2, 0.25) is 0 Å². The van der Waals surface area contributed by atoms with Crippen LogP contribution in [0.1, 0.15) is 120 Å². The predicted molar refractivity (Wildman–Crippen MR) is 480 cm³/mol. The van der Waals surface area contributed by atoms with E-state index >= 15 is 0 Å². The number of hydrogen-bond acceptors (Lipinski definition) is 3. The first kappa shape index (κ1) is 56.7. The molecule has 0 amide bonds. The summed E-state index contributed by atoms with van der Waals surface area (Å²) in [5.74, 6) is 0. The molecule has 0 aliphatic carbocycles. The van der Waals surface area contributed by atoms with E-state index in [-0.39, 0.29) is 75.5 Å². The lowest BCUT2D eigenvalue weighted by molar-refractivity contribution is 0.567. The Morgan fingerprint density at radius 3 is 1.46 bits per heavy atom. The number of nitrogens with zero attached hydrogens (tertiary/aromatic N) is 4. The number of rotatable bonds is 17. The van der Waals surface area contributed by atoms with Crippen molar-refractivity contribution < 1.29 is 19.2 Å². The van der Waals surface area contributed by atoms with Gasteiger partial charge in [0.1, 0.15) is 0 Å². The van der Waals surface area contributed by atoms with E-state index in [2.05, 4.69) is 242 Å². The average molecular weight is 1460 g/mol. The molecule has 3 heterocycles. The third-order valence-corrected chi connectivity index (χ3v) is 22.6. The minimum Gasteiger partial charge on any atom is -0.342 e. The van der Waals surface area contributed by atoms with Crippen LogP contribution in [0, 0.1) is 0 Å². The van der Waals surface area contributed by atoms with Crippen molar-refractivity contribution in [3.05, 3.63) is 390 Å². The molecule has 16 aromatic rings. The van der Waals surface area contributed by atoms with Gasteiger partial charge in [0, 0.05) is 80.4 Å². The molecule has 546 valence electrons. The number of para-hydroxylation sites is 3. The molecule has 2 aliphatic rings. The zero-order valence-corrected chi connectivity index (χ0v) is 64.8. The summed E-state index contributed by atoms with van der Waals surface area (Å²) >= 11 is 0. The zero-order valence-electron chi connectivity index (χ0n) is 78.8. The fourth-order valence-corrected chi connectivity index (χ4v) is 16.8. The van der Waals surface area contributed by atoms with Crippen LogP contribution in [0.4, 0.5) is 45.5 Å². The molecular weight excluding hydrogens is 1350 g/mol. The van der Waals surface area contributed by atoms with Crippen molar-refractivity contribution >= 4 is 90.4 Å². The van der Waals surface area contributed by atoms with Crippen molar-refractivity contribution in [3.8, 4) is 55.6 Å². The molecule has 0 bridgehead atoms. The molecule has 112 heavy (non-hydrogen) atoms. The Morgan fingerprint density at radius 1 is 0.330 bits per heavy atom. The van der Waals surface area contributed by atoms with E-state index < -0.39 is 67.1 Å². The van der Waals surface area contributed by atoms with Crippen LogP contribution in [0.2, 0.25) is 0 Å². The highest BCUT2D eigenvalue weighted by Crippen LogP contribution is 2.48. The van der Waals surface area contributed by atoms with Gasteiger partial charge in [0.15, 0.2) is 0 Å². The first-order valence-corrected chi connectivity index (χ1v) is 38.9. The minimum atomic E-state index is -0.542. The summed E-state index contributed by atoms with van der Waals surface area (Å²) in [4.78, 5) is 6.48. The molecular formula is C107H95BN4. The van der Waals surface area contributed by atoms with Crippen molar-refractivity contribution in [1.82, 2.24) is 4.57 Å². The van der Waals surface area contributed by atoms with Crippen LogP contribution in [0.3, 0.4) is 0 Å². The molecule has 5 heteroatoms. The van der Waals surface area contributed by atoms with Gasteiger partial charge in [-0.2, -0.15) is 0 Å². The SMILES string of the molecule is [2H]c1c([2H])c([2H])c(-c2ccc3c(c2)N(c2cc(-c4ccccc4)cc(-c4ccccc4)c2)c2cc(CCn4c5ccc(N(c6ccccc6)c6c([2H])c([2H])c([2H])c([2H])c6[2H])cc5c5c([2H])c([2H])c([2H])c([2H])c54)cc4c2B3c2ccc(Cc3cc(C(C)(C)C)cc(C(C)(C)C)c3)cc2N4CCc2c(-c3ccccc3)cc(C(C)(C)C)cc2-c2ccccc2)c([2H])c1[2H]. The Bertz CT molecular complexity index is 6850. The van der Waals surface area contributed by atoms with Crippen LogP contribution in [-0.4, -0.2) is 17.8 Å². The molecule has 0 saturated carbocycles. The van der Waals surface area contributed by atoms with Gasteiger partial charge in [0.25, 0.3) is 6.71 Å². The monoisotopic (exact) mass is 1460 g/mol.